The fraction of sp³-hybridized carbons (Fsp3) is 0.462. The average Bonchev–Trinajstić information content (AvgIpc) is 2.96. The molecular weight excluding hydrogens is 228 g/mol. The monoisotopic (exact) mass is 242 g/mol. The molecule has 92 valence electrons. The number of fused-ring (bicyclic) bond motifs is 4. The van der Waals surface area contributed by atoms with Gasteiger partial charge in [0, 0.05) is 17.5 Å². The molecule has 2 aliphatic heterocycles. The minimum absolute atomic E-state index is 0.141. The number of rotatable bonds is 1. The summed E-state index contributed by atoms with van der Waals surface area (Å²) < 4.78 is 8.07. The van der Waals surface area contributed by atoms with Gasteiger partial charge in [-0.2, -0.15) is 0 Å². The number of aromatic nitrogens is 4. The third kappa shape index (κ3) is 1.34. The Bertz CT molecular complexity index is 607. The topological polar surface area (TPSA) is 52.8 Å². The Morgan fingerprint density at radius 1 is 1.33 bits per heavy atom. The van der Waals surface area contributed by atoms with Crippen LogP contribution in [0.1, 0.15) is 30.5 Å². The number of aryl methyl sites for hydroxylation is 1. The molecule has 2 bridgehead atoms. The van der Waals surface area contributed by atoms with Crippen LogP contribution < -0.4 is 0 Å². The van der Waals surface area contributed by atoms with Crippen LogP contribution >= 0.6 is 0 Å². The van der Waals surface area contributed by atoms with Gasteiger partial charge in [0.25, 0.3) is 0 Å². The van der Waals surface area contributed by atoms with Gasteiger partial charge in [0.2, 0.25) is 0 Å². The summed E-state index contributed by atoms with van der Waals surface area (Å²) in [4.78, 5) is 4.33. The number of hydrogen-bond acceptors (Lipinski definition) is 4. The summed E-state index contributed by atoms with van der Waals surface area (Å²) in [6.45, 7) is 2.87. The normalized spacial score (nSPS) is 25.2. The first-order valence-electron chi connectivity index (χ1n) is 6.33. The second kappa shape index (κ2) is 3.62. The second-order valence-electron chi connectivity index (χ2n) is 4.95. The number of nitrogens with zero attached hydrogens (tertiary/aromatic N) is 4. The molecule has 0 spiro atoms. The van der Waals surface area contributed by atoms with E-state index in [-0.39, 0.29) is 6.10 Å². The minimum atomic E-state index is 0.141. The van der Waals surface area contributed by atoms with Gasteiger partial charge in [-0.05, 0) is 31.9 Å². The van der Waals surface area contributed by atoms with E-state index in [0.717, 1.165) is 42.3 Å². The fourth-order valence-corrected chi connectivity index (χ4v) is 2.89. The van der Waals surface area contributed by atoms with Crippen LogP contribution in [-0.4, -0.2) is 25.9 Å². The van der Waals surface area contributed by atoms with E-state index in [0.29, 0.717) is 6.10 Å². The molecule has 2 aromatic heterocycles. The maximum atomic E-state index is 5.86. The lowest BCUT2D eigenvalue weighted by molar-refractivity contribution is 0.00631. The lowest BCUT2D eigenvalue weighted by Gasteiger charge is -2.22. The van der Waals surface area contributed by atoms with Crippen molar-refractivity contribution in [2.24, 2.45) is 0 Å². The van der Waals surface area contributed by atoms with Crippen LogP contribution in [-0.2, 0) is 11.3 Å². The molecule has 2 aliphatic rings. The van der Waals surface area contributed by atoms with Gasteiger partial charge in [0.05, 0.1) is 12.6 Å². The Labute approximate surface area is 105 Å². The van der Waals surface area contributed by atoms with Crippen molar-refractivity contribution in [1.82, 2.24) is 19.7 Å². The minimum Gasteiger partial charge on any atom is -0.365 e. The van der Waals surface area contributed by atoms with Crippen molar-refractivity contribution in [2.45, 2.75) is 38.5 Å². The SMILES string of the molecule is Cc1ncccc1-c1nnc2n1C[C@H]1CC[C@@H]2O1. The standard InChI is InChI=1S/C13H14N4O/c1-8-10(3-2-6-14-8)12-15-16-13-11-5-4-9(18-11)7-17(12)13/h2-3,6,9,11H,4-5,7H2,1H3/t9-,11+/m1/s1. The fourth-order valence-electron chi connectivity index (χ4n) is 2.89. The Morgan fingerprint density at radius 3 is 3.17 bits per heavy atom. The van der Waals surface area contributed by atoms with E-state index in [1.54, 1.807) is 6.20 Å². The van der Waals surface area contributed by atoms with E-state index < -0.39 is 0 Å². The van der Waals surface area contributed by atoms with Crippen molar-refractivity contribution >= 4 is 0 Å². The van der Waals surface area contributed by atoms with Crippen LogP contribution in [0.25, 0.3) is 11.4 Å². The van der Waals surface area contributed by atoms with E-state index in [1.165, 1.54) is 0 Å². The van der Waals surface area contributed by atoms with Gasteiger partial charge in [-0.1, -0.05) is 0 Å². The Hall–Kier alpha value is -1.75. The third-order valence-electron chi connectivity index (χ3n) is 3.81. The number of pyridine rings is 1. The van der Waals surface area contributed by atoms with Gasteiger partial charge in [0.15, 0.2) is 11.6 Å². The van der Waals surface area contributed by atoms with Crippen LogP contribution in [0.5, 0.6) is 0 Å². The molecule has 2 atom stereocenters. The summed E-state index contributed by atoms with van der Waals surface area (Å²) >= 11 is 0. The van der Waals surface area contributed by atoms with Gasteiger partial charge >= 0.3 is 0 Å². The summed E-state index contributed by atoms with van der Waals surface area (Å²) in [5.74, 6) is 1.90. The van der Waals surface area contributed by atoms with E-state index in [9.17, 15) is 0 Å². The van der Waals surface area contributed by atoms with E-state index in [4.69, 9.17) is 4.74 Å². The second-order valence-corrected chi connectivity index (χ2v) is 4.95. The first-order chi connectivity index (χ1) is 8.83. The smallest absolute Gasteiger partial charge is 0.165 e. The molecule has 1 saturated heterocycles. The largest absolute Gasteiger partial charge is 0.365 e. The zero-order valence-corrected chi connectivity index (χ0v) is 10.2. The van der Waals surface area contributed by atoms with Gasteiger partial charge in [-0.15, -0.1) is 10.2 Å². The maximum absolute atomic E-state index is 5.86. The van der Waals surface area contributed by atoms with Crippen molar-refractivity contribution in [3.8, 4) is 11.4 Å². The summed E-state index contributed by atoms with van der Waals surface area (Å²) in [7, 11) is 0. The first kappa shape index (κ1) is 10.2. The average molecular weight is 242 g/mol. The number of ether oxygens (including phenoxy) is 1. The van der Waals surface area contributed by atoms with Crippen LogP contribution in [0.15, 0.2) is 18.3 Å². The summed E-state index contributed by atoms with van der Waals surface area (Å²) in [5.41, 5.74) is 2.06. The van der Waals surface area contributed by atoms with Crippen molar-refractivity contribution in [3.63, 3.8) is 0 Å². The lowest BCUT2D eigenvalue weighted by Crippen LogP contribution is -2.24. The highest BCUT2D eigenvalue weighted by Gasteiger charge is 2.37. The highest BCUT2D eigenvalue weighted by Crippen LogP contribution is 2.38. The van der Waals surface area contributed by atoms with Gasteiger partial charge in [-0.25, -0.2) is 0 Å². The first-order valence-corrected chi connectivity index (χ1v) is 6.33. The molecule has 0 unspecified atom stereocenters. The maximum Gasteiger partial charge on any atom is 0.165 e. The van der Waals surface area contributed by atoms with Crippen molar-refractivity contribution in [2.75, 3.05) is 0 Å². The van der Waals surface area contributed by atoms with Crippen LogP contribution in [0.2, 0.25) is 0 Å². The molecule has 1 fully saturated rings. The molecule has 0 aromatic carbocycles. The van der Waals surface area contributed by atoms with Gasteiger partial charge in [0.1, 0.15) is 6.10 Å². The highest BCUT2D eigenvalue weighted by atomic mass is 16.5. The summed E-state index contributed by atoms with van der Waals surface area (Å²) in [6, 6.07) is 3.99. The number of hydrogen-bond donors (Lipinski definition) is 0. The van der Waals surface area contributed by atoms with Crippen LogP contribution in [0.4, 0.5) is 0 Å². The Kier molecular flexibility index (Phi) is 2.05. The van der Waals surface area contributed by atoms with E-state index in [1.807, 2.05) is 13.0 Å². The zero-order chi connectivity index (χ0) is 12.1. The predicted molar refractivity (Wildman–Crippen MR) is 64.8 cm³/mol. The molecule has 5 heteroatoms. The molecule has 0 radical (unpaired) electrons. The molecule has 0 N–H and O–H groups in total. The predicted octanol–water partition coefficient (Wildman–Crippen LogP) is 1.88. The van der Waals surface area contributed by atoms with E-state index in [2.05, 4.69) is 25.8 Å². The van der Waals surface area contributed by atoms with Crippen LogP contribution in [0, 0.1) is 6.92 Å². The summed E-state index contributed by atoms with van der Waals surface area (Å²) in [5, 5.41) is 8.65. The van der Waals surface area contributed by atoms with Gasteiger partial charge in [-0.3, -0.25) is 4.98 Å². The van der Waals surface area contributed by atoms with Crippen LogP contribution in [0.3, 0.4) is 0 Å². The molecular formula is C13H14N4O. The molecule has 0 aliphatic carbocycles. The molecule has 0 saturated carbocycles. The van der Waals surface area contributed by atoms with Crippen molar-refractivity contribution in [1.29, 1.82) is 0 Å². The van der Waals surface area contributed by atoms with Crippen molar-refractivity contribution in [3.05, 3.63) is 29.8 Å². The Morgan fingerprint density at radius 2 is 2.28 bits per heavy atom. The van der Waals surface area contributed by atoms with E-state index >= 15 is 0 Å². The summed E-state index contributed by atoms with van der Waals surface area (Å²) in [6.07, 6.45) is 4.46. The molecule has 4 rings (SSSR count). The van der Waals surface area contributed by atoms with Crippen molar-refractivity contribution < 1.29 is 4.74 Å². The van der Waals surface area contributed by atoms with Gasteiger partial charge < -0.3 is 9.30 Å². The Balaban J connectivity index is 1.87. The molecule has 0 amide bonds. The quantitative estimate of drug-likeness (QED) is 0.766. The molecule has 5 nitrogen and oxygen atoms in total. The third-order valence-corrected chi connectivity index (χ3v) is 3.81. The zero-order valence-electron chi connectivity index (χ0n) is 10.2. The lowest BCUT2D eigenvalue weighted by atomic mass is 10.2. The molecule has 4 heterocycles. The molecule has 2 aromatic rings. The molecule has 18 heavy (non-hydrogen) atoms. The highest BCUT2D eigenvalue weighted by molar-refractivity contribution is 5.58.